The van der Waals surface area contributed by atoms with Crippen LogP contribution in [0.3, 0.4) is 0 Å². The summed E-state index contributed by atoms with van der Waals surface area (Å²) in [5.41, 5.74) is 42.9. The number of benzene rings is 7. The van der Waals surface area contributed by atoms with Gasteiger partial charge in [0.2, 0.25) is 5.52 Å². The number of H-pyrrole nitrogens is 1. The molecule has 7 aromatic carbocycles. The summed E-state index contributed by atoms with van der Waals surface area (Å²) < 4.78 is 49.3. The van der Waals surface area contributed by atoms with Crippen molar-refractivity contribution in [2.75, 3.05) is 0 Å². The number of thioether (sulfide) groups is 2. The van der Waals surface area contributed by atoms with Crippen LogP contribution in [0, 0.1) is 0 Å². The lowest BCUT2D eigenvalue weighted by molar-refractivity contribution is -0.539. The highest BCUT2D eigenvalue weighted by molar-refractivity contribution is 8.02. The Morgan fingerprint density at radius 2 is 0.816 bits per heavy atom. The van der Waals surface area contributed by atoms with E-state index in [0.717, 1.165) is 22.9 Å². The van der Waals surface area contributed by atoms with E-state index in [1.807, 2.05) is 53.6 Å². The molecule has 28 aromatic rings. The summed E-state index contributed by atoms with van der Waals surface area (Å²) in [6, 6.07) is 81.1. The number of hydrogen-bond acceptors (Lipinski definition) is 8. The fourth-order valence-corrected chi connectivity index (χ4v) is 33.7. The molecule has 0 saturated carbocycles. The molecule has 0 bridgehead atoms. The largest absolute Gasteiger partial charge is 0.491 e. The number of thiophene rings is 1. The zero-order valence-corrected chi connectivity index (χ0v) is 80.8. The minimum atomic E-state index is -0.0451. The van der Waals surface area contributed by atoms with E-state index in [9.17, 15) is 0 Å². The van der Waals surface area contributed by atoms with Gasteiger partial charge in [-0.05, 0) is 215 Å². The van der Waals surface area contributed by atoms with Gasteiger partial charge in [0, 0.05) is 207 Å². The third-order valence-electron chi connectivity index (χ3n) is 35.7. The summed E-state index contributed by atoms with van der Waals surface area (Å²) in [7, 11) is 0. The lowest BCUT2D eigenvalue weighted by atomic mass is 9.77. The Morgan fingerprint density at radius 1 is 0.327 bits per heavy atom. The summed E-state index contributed by atoms with van der Waals surface area (Å²) in [6.45, 7) is 0. The van der Waals surface area contributed by atoms with Gasteiger partial charge in [-0.25, -0.2) is 0 Å². The first kappa shape index (κ1) is 77.2. The molecule has 18 nitrogen and oxygen atoms in total. The zero-order valence-electron chi connectivity index (χ0n) is 78.3. The fraction of sp³-hybridized carbons (Fsp3) is 0.103. The highest BCUT2D eigenvalue weighted by atomic mass is 32.2. The van der Waals surface area contributed by atoms with Gasteiger partial charge >= 0.3 is 0 Å². The van der Waals surface area contributed by atoms with E-state index in [1.165, 1.54) is 259 Å². The van der Waals surface area contributed by atoms with E-state index in [4.69, 9.17) is 13.9 Å². The molecule has 21 heteroatoms. The van der Waals surface area contributed by atoms with E-state index >= 15 is 0 Å². The van der Waals surface area contributed by atoms with Crippen molar-refractivity contribution in [1.29, 1.82) is 0 Å². The van der Waals surface area contributed by atoms with Gasteiger partial charge in [-0.15, -0.1) is 34.9 Å². The van der Waals surface area contributed by atoms with E-state index in [-0.39, 0.29) is 48.0 Å². The number of ether oxygens (including phenoxy) is 2. The molecule has 12 atom stereocenters. The Bertz CT molecular complexity index is 10500. The van der Waals surface area contributed by atoms with Crippen LogP contribution in [-0.2, 0) is 15.9 Å². The lowest BCUT2D eigenvalue weighted by Crippen LogP contribution is -2.31. The van der Waals surface area contributed by atoms with Crippen LogP contribution in [0.2, 0.25) is 0 Å². The van der Waals surface area contributed by atoms with Crippen molar-refractivity contribution in [3.05, 3.63) is 450 Å². The highest BCUT2D eigenvalue weighted by Gasteiger charge is 2.52. The van der Waals surface area contributed by atoms with E-state index < -0.39 is 0 Å². The SMILES string of the molecule is C1=CC2c3c(c4c(c5c6cc[nH]c6c6cccn6c35)-n3cccc3C3NC=CC43)-n3cccc3C2N1.C1=CC2c3c(c4c(c5c6ccoc6c6cccn6c35)-n3cccc3C3OC=CC43)-n3cccc3C2O1.C1=CC2c3c(c4c(c5c6ccsc6c6cccn6c35)-n3cccc3C3SC=CC43)-n3cccc3C2S1.C1=C[n+]2c(c3cccc4c3c3c5c(c6ccccc6c6ccc4n65)c4c(c5ccccc5c5cccn54)c32)C1. The minimum absolute atomic E-state index is 0.0451. The van der Waals surface area contributed by atoms with Crippen LogP contribution >= 0.6 is 34.9 Å². The van der Waals surface area contributed by atoms with Gasteiger partial charge in [-0.3, -0.25) is 0 Å². The normalized spacial score (nSPS) is 21.7. The fourth-order valence-electron chi connectivity index (χ4n) is 30.4. The van der Waals surface area contributed by atoms with Crippen LogP contribution in [0.4, 0.5) is 0 Å². The highest BCUT2D eigenvalue weighted by Crippen LogP contribution is 2.66. The molecule has 0 spiro atoms. The molecule has 0 radical (unpaired) electrons. The van der Waals surface area contributed by atoms with Gasteiger partial charge in [0.15, 0.2) is 17.5 Å². The number of aromatic nitrogens is 13. The number of rotatable bonds is 0. The first-order valence-corrected chi connectivity index (χ1v) is 53.9. The van der Waals surface area contributed by atoms with Crippen molar-refractivity contribution in [3.8, 4) is 34.1 Å². The number of hydrogen-bond donors (Lipinski definition) is 3. The number of fused-ring (bicyclic) bond motifs is 78. The van der Waals surface area contributed by atoms with Gasteiger partial charge in [0.25, 0.3) is 0 Å². The second-order valence-electron chi connectivity index (χ2n) is 41.7. The second kappa shape index (κ2) is 27.2. The second-order valence-corrected chi connectivity index (χ2v) is 44.8. The third kappa shape index (κ3) is 9.12. The van der Waals surface area contributed by atoms with Crippen molar-refractivity contribution >= 4 is 209 Å². The number of aromatic amines is 1. The molecule has 41 rings (SSSR count). The standard InChI is InChI=1S/C36H20N3.C30H22N6.C30H19N3O3.C30H19N3S3/c1-3-10-22-20(8-1)26-14-6-18-37(26)34-31(22)35-33-30-24(27-15-7-19-38(27)35)12-5-13-25(30)29-17-16-28-21-9-2-4-11-23(21)32(34)36(33)39(28)29;1-4-19-25-16(7-10-31-25)22-28(34(19)13-1)23-17-8-11-32-26(17)20-5-2-15-36(20)30(23)24-18-9-12-33-27(18)21-6-3-14-35(21)29(22)24;2*1-4-19-28-16(7-13-34-28)22-25(31(19)10-1)23-17-8-14-35-29(17)20-5-2-12-33(20)27(23)24-18-9-15-36-30(18)21-6-3-11-32(21)26(22)24/h1-14,16-19H,15H2;1-17,25-26,31-33H;2*1-17,28-29H/q+1;;;. The molecule has 0 amide bonds. The Kier molecular flexibility index (Phi) is 14.3. The van der Waals surface area contributed by atoms with Crippen molar-refractivity contribution < 1.29 is 18.5 Å². The van der Waals surface area contributed by atoms with Gasteiger partial charge < -0.3 is 78.9 Å². The van der Waals surface area contributed by atoms with Gasteiger partial charge in [-0.1, -0.05) is 85.0 Å². The Hall–Kier alpha value is -17.4. The van der Waals surface area contributed by atoms with Crippen LogP contribution in [0.15, 0.2) is 381 Å². The molecular formula is C126H80N15O3S3+. The summed E-state index contributed by atoms with van der Waals surface area (Å²) in [6.07, 6.45) is 53.9. The van der Waals surface area contributed by atoms with Crippen LogP contribution in [-0.4, -0.2) is 54.4 Å². The maximum atomic E-state index is 6.21. The number of nitrogens with zero attached hydrogens (tertiary/aromatic N) is 12. The smallest absolute Gasteiger partial charge is 0.230 e. The number of nitrogens with one attached hydrogen (secondary N) is 3. The third-order valence-corrected chi connectivity index (χ3v) is 38.9. The Morgan fingerprint density at radius 3 is 1.50 bits per heavy atom. The van der Waals surface area contributed by atoms with Gasteiger partial charge in [0.1, 0.15) is 12.2 Å². The zero-order chi connectivity index (χ0) is 94.3. The summed E-state index contributed by atoms with van der Waals surface area (Å²) >= 11 is 5.81. The molecule has 13 aliphatic rings. The van der Waals surface area contributed by atoms with Crippen molar-refractivity contribution in [1.82, 2.24) is 65.0 Å². The molecule has 694 valence electrons. The quantitative estimate of drug-likeness (QED) is 0.0784. The Balaban J connectivity index is 0.0000000788. The topological polar surface area (TPSA) is 127 Å². The first-order valence-electron chi connectivity index (χ1n) is 51.2. The van der Waals surface area contributed by atoms with Crippen LogP contribution < -0.4 is 15.2 Å². The molecule has 3 N–H and O–H groups in total. The van der Waals surface area contributed by atoms with Crippen LogP contribution in [0.5, 0.6) is 0 Å². The summed E-state index contributed by atoms with van der Waals surface area (Å²) in [4.78, 5) is 3.56. The average molecular weight is 1950 g/mol. The van der Waals surface area contributed by atoms with Gasteiger partial charge in [-0.2, -0.15) is 4.57 Å². The lowest BCUT2D eigenvalue weighted by Gasteiger charge is -2.39. The summed E-state index contributed by atoms with van der Waals surface area (Å²) in [5.74, 6) is 1.48. The molecule has 34 heterocycles. The maximum Gasteiger partial charge on any atom is 0.230 e. The Labute approximate surface area is 846 Å². The molecule has 0 saturated heterocycles. The number of pyridine rings is 7. The van der Waals surface area contributed by atoms with Crippen LogP contribution in [0.1, 0.15) is 144 Å². The van der Waals surface area contributed by atoms with Crippen molar-refractivity contribution in [2.45, 2.75) is 76.7 Å². The molecule has 0 fully saturated rings. The predicted molar refractivity (Wildman–Crippen MR) is 592 cm³/mol. The number of furan rings is 1. The molecular weight excluding hydrogens is 1870 g/mol. The molecule has 0 aliphatic carbocycles. The molecule has 13 aliphatic heterocycles. The van der Waals surface area contributed by atoms with Crippen molar-refractivity contribution in [3.63, 3.8) is 0 Å². The molecule has 21 aromatic heterocycles. The van der Waals surface area contributed by atoms with E-state index in [1.54, 1.807) is 0 Å². The van der Waals surface area contributed by atoms with Gasteiger partial charge in [0.05, 0.1) is 192 Å². The molecule has 12 unspecified atom stereocenters. The van der Waals surface area contributed by atoms with Crippen molar-refractivity contribution in [2.24, 2.45) is 0 Å². The maximum absolute atomic E-state index is 6.21. The predicted octanol–water partition coefficient (Wildman–Crippen LogP) is 29.6. The average Bonchev–Trinajstić information content (AvgIpc) is 1.54. The first-order chi connectivity index (χ1) is 73.1. The van der Waals surface area contributed by atoms with Crippen LogP contribution in [0.25, 0.3) is 209 Å². The van der Waals surface area contributed by atoms with E-state index in [0.29, 0.717) is 22.3 Å². The number of allylic oxidation sites excluding steroid dienone is 3. The minimum Gasteiger partial charge on any atom is -0.491 e. The van der Waals surface area contributed by atoms with E-state index in [2.05, 4.69) is 433 Å². The molecule has 147 heavy (non-hydrogen) atoms. The monoisotopic (exact) mass is 1950 g/mol. The summed E-state index contributed by atoms with van der Waals surface area (Å²) in [5, 5.41) is 36.2.